The fourth-order valence-corrected chi connectivity index (χ4v) is 5.60. The summed E-state index contributed by atoms with van der Waals surface area (Å²) < 4.78 is 31.9. The van der Waals surface area contributed by atoms with Crippen LogP contribution in [0.25, 0.3) is 0 Å². The number of likely N-dealkylation sites (tertiary alicyclic amines) is 1. The first-order chi connectivity index (χ1) is 17.7. The average molecular weight is 514 g/mol. The van der Waals surface area contributed by atoms with Crippen LogP contribution in [0, 0.1) is 11.2 Å². The Labute approximate surface area is 217 Å². The molecule has 3 fully saturated rings. The zero-order chi connectivity index (χ0) is 26.0. The van der Waals surface area contributed by atoms with Crippen LogP contribution in [0.4, 0.5) is 9.18 Å². The zero-order valence-electron chi connectivity index (χ0n) is 21.8. The first-order valence-corrected chi connectivity index (χ1v) is 13.0. The topological polar surface area (TPSA) is 89.0 Å². The summed E-state index contributed by atoms with van der Waals surface area (Å²) in [5.74, 6) is 0.691. The van der Waals surface area contributed by atoms with Gasteiger partial charge in [-0.05, 0) is 58.4 Å². The maximum atomic E-state index is 14.3. The fraction of sp³-hybridized carbons (Fsp3) is 0.593. The van der Waals surface area contributed by atoms with Crippen molar-refractivity contribution in [1.82, 2.24) is 25.1 Å². The number of carbonyl (C=O) groups is 1. The number of rotatable bonds is 5. The lowest BCUT2D eigenvalue weighted by Crippen LogP contribution is -2.40. The number of nitrogens with zero attached hydrogens (tertiary/aromatic N) is 4. The maximum absolute atomic E-state index is 14.3. The molecule has 4 heterocycles. The Morgan fingerprint density at radius 1 is 1.22 bits per heavy atom. The number of ether oxygens (including phenoxy) is 3. The molecule has 37 heavy (non-hydrogen) atoms. The summed E-state index contributed by atoms with van der Waals surface area (Å²) >= 11 is 0. The molecule has 0 radical (unpaired) electrons. The molecule has 3 saturated heterocycles. The zero-order valence-corrected chi connectivity index (χ0v) is 21.8. The summed E-state index contributed by atoms with van der Waals surface area (Å²) in [4.78, 5) is 26.2. The minimum absolute atomic E-state index is 0.178. The lowest BCUT2D eigenvalue weighted by Gasteiger charge is -2.35. The lowest BCUT2D eigenvalue weighted by molar-refractivity contribution is 0.0160. The minimum atomic E-state index is -0.612. The first-order valence-electron chi connectivity index (χ1n) is 13.0. The monoisotopic (exact) mass is 513 g/mol. The molecule has 3 aliphatic rings. The van der Waals surface area contributed by atoms with E-state index in [2.05, 4.69) is 20.2 Å². The van der Waals surface area contributed by atoms with E-state index in [1.165, 1.54) is 18.5 Å². The van der Waals surface area contributed by atoms with Crippen LogP contribution < -0.4 is 10.1 Å². The van der Waals surface area contributed by atoms with Crippen molar-refractivity contribution in [1.29, 1.82) is 0 Å². The molecule has 0 aliphatic carbocycles. The van der Waals surface area contributed by atoms with E-state index in [0.29, 0.717) is 43.5 Å². The van der Waals surface area contributed by atoms with E-state index in [1.807, 2.05) is 20.8 Å². The van der Waals surface area contributed by atoms with E-state index in [-0.39, 0.29) is 23.4 Å². The molecular weight excluding hydrogens is 477 g/mol. The van der Waals surface area contributed by atoms with Crippen molar-refractivity contribution in [3.05, 3.63) is 47.8 Å². The highest BCUT2D eigenvalue weighted by Crippen LogP contribution is 2.52. The second-order valence-electron chi connectivity index (χ2n) is 11.1. The molecule has 1 N–H and O–H groups in total. The van der Waals surface area contributed by atoms with Crippen LogP contribution >= 0.6 is 0 Å². The summed E-state index contributed by atoms with van der Waals surface area (Å²) in [6, 6.07) is 4.22. The van der Waals surface area contributed by atoms with Crippen LogP contribution in [-0.4, -0.2) is 77.4 Å². The van der Waals surface area contributed by atoms with Gasteiger partial charge in [0.25, 0.3) is 0 Å². The first kappa shape index (κ1) is 25.8. The van der Waals surface area contributed by atoms with Crippen LogP contribution in [0.15, 0.2) is 30.7 Å². The van der Waals surface area contributed by atoms with Crippen LogP contribution in [0.1, 0.15) is 50.9 Å². The lowest BCUT2D eigenvalue weighted by atomic mass is 9.78. The van der Waals surface area contributed by atoms with Crippen LogP contribution in [0.3, 0.4) is 0 Å². The number of hydrogen-bond acceptors (Lipinski definition) is 8. The van der Waals surface area contributed by atoms with Crippen LogP contribution in [0.5, 0.6) is 11.5 Å². The Hall–Kier alpha value is -2.82. The van der Waals surface area contributed by atoms with Gasteiger partial charge in [0.1, 0.15) is 29.2 Å². The van der Waals surface area contributed by atoms with E-state index < -0.39 is 5.60 Å². The molecule has 2 aromatic rings. The van der Waals surface area contributed by atoms with Crippen molar-refractivity contribution in [2.45, 2.75) is 51.8 Å². The highest BCUT2D eigenvalue weighted by molar-refractivity contribution is 5.70. The van der Waals surface area contributed by atoms with Gasteiger partial charge in [-0.15, -0.1) is 0 Å². The molecule has 1 spiro atoms. The molecule has 1 amide bonds. The molecule has 1 aromatic heterocycles. The highest BCUT2D eigenvalue weighted by atomic mass is 19.1. The Kier molecular flexibility index (Phi) is 7.33. The van der Waals surface area contributed by atoms with Gasteiger partial charge in [0, 0.05) is 43.7 Å². The van der Waals surface area contributed by atoms with Crippen molar-refractivity contribution in [3.63, 3.8) is 0 Å². The SMILES string of the molecule is CC(C)(C)OC(=O)N1CCC2(CCNC2)C1c1ncncc1Oc1ccc(F)cc1CN1CCOCC1. The number of halogens is 1. The third-order valence-corrected chi connectivity index (χ3v) is 7.35. The van der Waals surface area contributed by atoms with Gasteiger partial charge >= 0.3 is 6.09 Å². The number of morpholine rings is 1. The summed E-state index contributed by atoms with van der Waals surface area (Å²) in [6.07, 6.45) is 4.51. The van der Waals surface area contributed by atoms with Crippen molar-refractivity contribution < 1.29 is 23.4 Å². The minimum Gasteiger partial charge on any atom is -0.453 e. The molecule has 2 unspecified atom stereocenters. The maximum Gasteiger partial charge on any atom is 0.410 e. The number of carbonyl (C=O) groups excluding carboxylic acids is 1. The molecule has 5 rings (SSSR count). The molecule has 0 bridgehead atoms. The molecule has 200 valence electrons. The van der Waals surface area contributed by atoms with Gasteiger partial charge in [-0.1, -0.05) is 0 Å². The van der Waals surface area contributed by atoms with Crippen LogP contribution in [-0.2, 0) is 16.0 Å². The molecular formula is C27H36FN5O4. The summed E-state index contributed by atoms with van der Waals surface area (Å²) in [7, 11) is 0. The molecule has 2 atom stereocenters. The average Bonchev–Trinajstić information content (AvgIpc) is 3.48. The molecule has 10 heteroatoms. The number of amides is 1. The van der Waals surface area contributed by atoms with E-state index in [4.69, 9.17) is 14.2 Å². The molecule has 1 aromatic carbocycles. The van der Waals surface area contributed by atoms with Gasteiger partial charge in [0.2, 0.25) is 0 Å². The van der Waals surface area contributed by atoms with Gasteiger partial charge < -0.3 is 19.5 Å². The molecule has 0 saturated carbocycles. The summed E-state index contributed by atoms with van der Waals surface area (Å²) in [5.41, 5.74) is 0.592. The quantitative estimate of drug-likeness (QED) is 0.644. The predicted molar refractivity (Wildman–Crippen MR) is 135 cm³/mol. The third-order valence-electron chi connectivity index (χ3n) is 7.35. The van der Waals surface area contributed by atoms with Gasteiger partial charge in [-0.2, -0.15) is 0 Å². The number of aromatic nitrogens is 2. The Bertz CT molecular complexity index is 1110. The third kappa shape index (κ3) is 5.71. The van der Waals surface area contributed by atoms with E-state index in [1.54, 1.807) is 17.2 Å². The smallest absolute Gasteiger partial charge is 0.410 e. The Balaban J connectivity index is 1.48. The van der Waals surface area contributed by atoms with Crippen molar-refractivity contribution in [2.24, 2.45) is 5.41 Å². The second-order valence-corrected chi connectivity index (χ2v) is 11.1. The Morgan fingerprint density at radius 2 is 2.03 bits per heavy atom. The van der Waals surface area contributed by atoms with E-state index in [9.17, 15) is 9.18 Å². The largest absolute Gasteiger partial charge is 0.453 e. The normalized spacial score (nSPS) is 24.5. The standard InChI is InChI=1S/C27H36FN5O4/c1-26(2,3)37-25(34)33-9-7-27(6-8-29-17-27)24(33)23-22(15-30-18-31-23)36-21-5-4-20(28)14-19(21)16-32-10-12-35-13-11-32/h4-5,14-15,18,24,29H,6-13,16-17H2,1-3H3. The van der Waals surface area contributed by atoms with E-state index in [0.717, 1.165) is 44.6 Å². The van der Waals surface area contributed by atoms with Gasteiger partial charge in [0.15, 0.2) is 5.75 Å². The van der Waals surface area contributed by atoms with Gasteiger partial charge in [-0.25, -0.2) is 19.2 Å². The Morgan fingerprint density at radius 3 is 2.76 bits per heavy atom. The van der Waals surface area contributed by atoms with Crippen LogP contribution in [0.2, 0.25) is 0 Å². The van der Waals surface area contributed by atoms with Crippen molar-refractivity contribution >= 4 is 6.09 Å². The fourth-order valence-electron chi connectivity index (χ4n) is 5.60. The van der Waals surface area contributed by atoms with Gasteiger partial charge in [0.05, 0.1) is 25.5 Å². The van der Waals surface area contributed by atoms with E-state index >= 15 is 0 Å². The summed E-state index contributed by atoms with van der Waals surface area (Å²) in [5, 5.41) is 3.47. The van der Waals surface area contributed by atoms with Crippen molar-refractivity contribution in [3.8, 4) is 11.5 Å². The number of nitrogens with one attached hydrogen (secondary N) is 1. The second kappa shape index (κ2) is 10.5. The molecule has 3 aliphatic heterocycles. The van der Waals surface area contributed by atoms with Crippen molar-refractivity contribution in [2.75, 3.05) is 45.9 Å². The molecule has 9 nitrogen and oxygen atoms in total. The highest BCUT2D eigenvalue weighted by Gasteiger charge is 2.53. The summed E-state index contributed by atoms with van der Waals surface area (Å²) in [6.45, 7) is 11.2. The van der Waals surface area contributed by atoms with Gasteiger partial charge in [-0.3, -0.25) is 9.80 Å². The predicted octanol–water partition coefficient (Wildman–Crippen LogP) is 3.90. The number of hydrogen-bond donors (Lipinski definition) is 1. The number of benzene rings is 1.